The van der Waals surface area contributed by atoms with Crippen LogP contribution in [-0.4, -0.2) is 18.4 Å². The molecule has 0 aromatic heterocycles. The molecule has 0 amide bonds. The summed E-state index contributed by atoms with van der Waals surface area (Å²) in [4.78, 5) is 4.27. The van der Waals surface area contributed by atoms with Gasteiger partial charge in [0.15, 0.2) is 11.5 Å². The van der Waals surface area contributed by atoms with E-state index < -0.39 is 0 Å². The van der Waals surface area contributed by atoms with E-state index in [9.17, 15) is 5.11 Å². The van der Waals surface area contributed by atoms with Gasteiger partial charge in [0.2, 0.25) is 0 Å². The van der Waals surface area contributed by atoms with Crippen LogP contribution in [0.15, 0.2) is 45.9 Å². The number of hydrogen-bond donors (Lipinski definition) is 1. The molecule has 0 heterocycles. The van der Waals surface area contributed by atoms with E-state index in [2.05, 4.69) is 20.9 Å². The van der Waals surface area contributed by atoms with Crippen molar-refractivity contribution in [1.29, 1.82) is 0 Å². The quantitative estimate of drug-likeness (QED) is 0.832. The van der Waals surface area contributed by atoms with Crippen LogP contribution in [-0.2, 0) is 0 Å². The third-order valence-electron chi connectivity index (χ3n) is 2.47. The first-order valence-electron chi connectivity index (χ1n) is 5.46. The normalized spacial score (nSPS) is 10.9. The molecule has 98 valence electrons. The number of phenolic OH excluding ortho intramolecular Hbond substituents is 1. The fraction of sp³-hybridized carbons (Fsp3) is 0.0714. The summed E-state index contributed by atoms with van der Waals surface area (Å²) in [6.45, 7) is 0. The molecule has 2 aromatic rings. The average Bonchev–Trinajstić information content (AvgIpc) is 2.41. The van der Waals surface area contributed by atoms with Gasteiger partial charge < -0.3 is 9.84 Å². The van der Waals surface area contributed by atoms with E-state index >= 15 is 0 Å². The monoisotopic (exact) mass is 339 g/mol. The maximum absolute atomic E-state index is 9.98. The van der Waals surface area contributed by atoms with E-state index in [1.165, 1.54) is 7.11 Å². The lowest BCUT2D eigenvalue weighted by Gasteiger charge is -2.06. The van der Waals surface area contributed by atoms with E-state index in [1.54, 1.807) is 42.6 Å². The number of aliphatic imine (C=N–C) groups is 1. The average molecular weight is 341 g/mol. The van der Waals surface area contributed by atoms with Gasteiger partial charge in [-0.15, -0.1) is 0 Å². The summed E-state index contributed by atoms with van der Waals surface area (Å²) < 4.78 is 5.88. The summed E-state index contributed by atoms with van der Waals surface area (Å²) in [5.41, 5.74) is 1.32. The Balaban J connectivity index is 2.32. The van der Waals surface area contributed by atoms with Crippen molar-refractivity contribution in [2.24, 2.45) is 4.99 Å². The Kier molecular flexibility index (Phi) is 4.45. The molecule has 0 saturated heterocycles. The number of nitrogens with zero attached hydrogens (tertiary/aromatic N) is 1. The second kappa shape index (κ2) is 6.08. The smallest absolute Gasteiger partial charge is 0.166 e. The minimum atomic E-state index is 0.0587. The Bertz CT molecular complexity index is 612. The highest BCUT2D eigenvalue weighted by Gasteiger charge is 2.07. The molecule has 3 nitrogen and oxygen atoms in total. The molecule has 19 heavy (non-hydrogen) atoms. The Hall–Kier alpha value is -1.52. The van der Waals surface area contributed by atoms with Crippen LogP contribution in [0.3, 0.4) is 0 Å². The summed E-state index contributed by atoms with van der Waals surface area (Å²) in [5, 5.41) is 10.6. The fourth-order valence-electron chi connectivity index (χ4n) is 1.52. The highest BCUT2D eigenvalue weighted by molar-refractivity contribution is 9.10. The summed E-state index contributed by atoms with van der Waals surface area (Å²) in [6.07, 6.45) is 1.58. The van der Waals surface area contributed by atoms with Crippen LogP contribution in [0.2, 0.25) is 5.02 Å². The zero-order chi connectivity index (χ0) is 13.8. The molecule has 0 atom stereocenters. The zero-order valence-corrected chi connectivity index (χ0v) is 12.4. The van der Waals surface area contributed by atoms with Crippen molar-refractivity contribution >= 4 is 39.4 Å². The van der Waals surface area contributed by atoms with Crippen molar-refractivity contribution in [2.75, 3.05) is 7.11 Å². The first kappa shape index (κ1) is 13.9. The lowest BCUT2D eigenvalue weighted by Crippen LogP contribution is -1.89. The predicted molar refractivity (Wildman–Crippen MR) is 81.1 cm³/mol. The van der Waals surface area contributed by atoms with Crippen LogP contribution < -0.4 is 4.74 Å². The van der Waals surface area contributed by atoms with Gasteiger partial charge in [-0.1, -0.05) is 27.5 Å². The summed E-state index contributed by atoms with van der Waals surface area (Å²) in [7, 11) is 1.50. The second-order valence-electron chi connectivity index (χ2n) is 3.78. The topological polar surface area (TPSA) is 41.8 Å². The number of benzene rings is 2. The fourth-order valence-corrected chi connectivity index (χ4v) is 2.10. The second-order valence-corrected chi connectivity index (χ2v) is 5.13. The van der Waals surface area contributed by atoms with E-state index in [1.807, 2.05) is 0 Å². The van der Waals surface area contributed by atoms with Gasteiger partial charge in [-0.2, -0.15) is 0 Å². The molecule has 0 fully saturated rings. The third kappa shape index (κ3) is 3.49. The van der Waals surface area contributed by atoms with Gasteiger partial charge in [0.1, 0.15) is 0 Å². The number of hydrogen-bond acceptors (Lipinski definition) is 3. The Morgan fingerprint density at radius 3 is 2.58 bits per heavy atom. The van der Waals surface area contributed by atoms with Crippen molar-refractivity contribution in [1.82, 2.24) is 0 Å². The van der Waals surface area contributed by atoms with Gasteiger partial charge in [0.25, 0.3) is 0 Å². The van der Waals surface area contributed by atoms with Crippen LogP contribution in [0, 0.1) is 0 Å². The predicted octanol–water partition coefficient (Wildman–Crippen LogP) is 4.57. The van der Waals surface area contributed by atoms with Crippen molar-refractivity contribution in [3.05, 3.63) is 51.5 Å². The molecule has 0 radical (unpaired) electrons. The molecule has 0 spiro atoms. The molecule has 2 rings (SSSR count). The first-order valence-corrected chi connectivity index (χ1v) is 6.63. The van der Waals surface area contributed by atoms with Crippen molar-refractivity contribution in [3.63, 3.8) is 0 Å². The zero-order valence-electron chi connectivity index (χ0n) is 10.1. The van der Waals surface area contributed by atoms with Gasteiger partial charge in [-0.25, -0.2) is 0 Å². The number of methoxy groups -OCH3 is 1. The van der Waals surface area contributed by atoms with Crippen LogP contribution >= 0.6 is 27.5 Å². The molecule has 2 aromatic carbocycles. The number of aromatic hydroxyl groups is 1. The lowest BCUT2D eigenvalue weighted by atomic mass is 10.2. The van der Waals surface area contributed by atoms with Gasteiger partial charge in [0.05, 0.1) is 12.8 Å². The van der Waals surface area contributed by atoms with E-state index in [0.29, 0.717) is 16.3 Å². The van der Waals surface area contributed by atoms with E-state index in [4.69, 9.17) is 16.3 Å². The summed E-state index contributed by atoms with van der Waals surface area (Å²) in [6, 6.07) is 10.6. The van der Waals surface area contributed by atoms with Crippen molar-refractivity contribution in [3.8, 4) is 11.5 Å². The molecular formula is C14H11BrClNO2. The highest BCUT2D eigenvalue weighted by Crippen LogP contribution is 2.32. The molecule has 0 aliphatic rings. The Morgan fingerprint density at radius 2 is 1.95 bits per heavy atom. The van der Waals surface area contributed by atoms with Crippen molar-refractivity contribution in [2.45, 2.75) is 0 Å². The number of rotatable bonds is 3. The molecule has 0 aliphatic heterocycles. The molecule has 0 aliphatic carbocycles. The molecule has 5 heteroatoms. The van der Waals surface area contributed by atoms with Crippen LogP contribution in [0.4, 0.5) is 5.69 Å². The van der Waals surface area contributed by atoms with E-state index in [0.717, 1.165) is 10.2 Å². The summed E-state index contributed by atoms with van der Waals surface area (Å²) >= 11 is 9.15. The third-order valence-corrected chi connectivity index (χ3v) is 3.18. The number of ether oxygens (including phenoxy) is 1. The van der Waals surface area contributed by atoms with E-state index in [-0.39, 0.29) is 5.75 Å². The molecule has 0 saturated carbocycles. The first-order chi connectivity index (χ1) is 9.10. The van der Waals surface area contributed by atoms with Crippen LogP contribution in [0.1, 0.15) is 5.56 Å². The SMILES string of the molecule is COc1cc(Br)cc(/C=N/c2ccc(Cl)cc2)c1O. The van der Waals surface area contributed by atoms with Gasteiger partial charge in [-0.3, -0.25) is 4.99 Å². The summed E-state index contributed by atoms with van der Waals surface area (Å²) in [5.74, 6) is 0.454. The molecule has 1 N–H and O–H groups in total. The Morgan fingerprint density at radius 1 is 1.26 bits per heavy atom. The largest absolute Gasteiger partial charge is 0.504 e. The van der Waals surface area contributed by atoms with Gasteiger partial charge in [0, 0.05) is 21.3 Å². The minimum Gasteiger partial charge on any atom is -0.504 e. The van der Waals surface area contributed by atoms with Crippen LogP contribution in [0.25, 0.3) is 0 Å². The van der Waals surface area contributed by atoms with Crippen molar-refractivity contribution < 1.29 is 9.84 Å². The number of phenols is 1. The molecule has 0 unspecified atom stereocenters. The standard InChI is InChI=1S/C14H11BrClNO2/c1-19-13-7-10(15)6-9(14(13)18)8-17-12-4-2-11(16)3-5-12/h2-8,18H,1H3/b17-8+. The van der Waals surface area contributed by atoms with Gasteiger partial charge >= 0.3 is 0 Å². The number of halogens is 2. The highest BCUT2D eigenvalue weighted by atomic mass is 79.9. The maximum Gasteiger partial charge on any atom is 0.166 e. The molecular weight excluding hydrogens is 330 g/mol. The van der Waals surface area contributed by atoms with Gasteiger partial charge in [-0.05, 0) is 36.4 Å². The maximum atomic E-state index is 9.98. The van der Waals surface area contributed by atoms with Crippen LogP contribution in [0.5, 0.6) is 11.5 Å². The Labute approximate surface area is 124 Å². The lowest BCUT2D eigenvalue weighted by molar-refractivity contribution is 0.373. The molecule has 0 bridgehead atoms. The minimum absolute atomic E-state index is 0.0587.